The summed E-state index contributed by atoms with van der Waals surface area (Å²) in [6.45, 7) is 9.51. The topological polar surface area (TPSA) is 79.0 Å². The van der Waals surface area contributed by atoms with Gasteiger partial charge in [-0.1, -0.05) is 13.8 Å². The summed E-state index contributed by atoms with van der Waals surface area (Å²) in [7, 11) is -3.58. The number of benzene rings is 1. The van der Waals surface area contributed by atoms with Gasteiger partial charge < -0.3 is 9.64 Å². The molecule has 0 spiro atoms. The molecule has 1 amide bonds. The van der Waals surface area contributed by atoms with Crippen molar-refractivity contribution in [2.75, 3.05) is 52.5 Å². The summed E-state index contributed by atoms with van der Waals surface area (Å²) in [5.41, 5.74) is 0.518. The fourth-order valence-electron chi connectivity index (χ4n) is 3.06. The van der Waals surface area contributed by atoms with Crippen molar-refractivity contribution in [3.05, 3.63) is 29.8 Å². The second-order valence-corrected chi connectivity index (χ2v) is 8.44. The highest BCUT2D eigenvalue weighted by molar-refractivity contribution is 7.89. The molecule has 8 heteroatoms. The van der Waals surface area contributed by atoms with Crippen molar-refractivity contribution >= 4 is 15.9 Å². The van der Waals surface area contributed by atoms with Crippen LogP contribution in [0, 0.1) is 0 Å². The lowest BCUT2D eigenvalue weighted by molar-refractivity contribution is 0.0390. The van der Waals surface area contributed by atoms with Gasteiger partial charge in [0.05, 0.1) is 18.1 Å². The van der Waals surface area contributed by atoms with Crippen molar-refractivity contribution in [3.63, 3.8) is 0 Å². The van der Waals surface area contributed by atoms with E-state index >= 15 is 0 Å². The highest BCUT2D eigenvalue weighted by Crippen LogP contribution is 2.13. The normalized spacial score (nSPS) is 15.6. The predicted octanol–water partition coefficient (Wildman–Crippen LogP) is 1.56. The average Bonchev–Trinajstić information content (AvgIpc) is 2.68. The second-order valence-electron chi connectivity index (χ2n) is 6.67. The molecule has 1 aromatic rings. The third-order valence-electron chi connectivity index (χ3n) is 4.51. The van der Waals surface area contributed by atoms with E-state index in [2.05, 4.69) is 9.62 Å². The Kier molecular flexibility index (Phi) is 8.69. The van der Waals surface area contributed by atoms with Crippen molar-refractivity contribution in [1.29, 1.82) is 0 Å². The minimum Gasteiger partial charge on any atom is -0.379 e. The summed E-state index contributed by atoms with van der Waals surface area (Å²) >= 11 is 0. The summed E-state index contributed by atoms with van der Waals surface area (Å²) in [6.07, 6.45) is 1.79. The van der Waals surface area contributed by atoms with Gasteiger partial charge >= 0.3 is 0 Å². The van der Waals surface area contributed by atoms with Crippen LogP contribution >= 0.6 is 0 Å². The zero-order valence-corrected chi connectivity index (χ0v) is 17.1. The average molecular weight is 398 g/mol. The summed E-state index contributed by atoms with van der Waals surface area (Å²) in [5.74, 6) is -0.0528. The maximum Gasteiger partial charge on any atom is 0.253 e. The highest BCUT2D eigenvalue weighted by Gasteiger charge is 2.18. The molecule has 1 aliphatic rings. The van der Waals surface area contributed by atoms with Crippen molar-refractivity contribution in [1.82, 2.24) is 14.5 Å². The van der Waals surface area contributed by atoms with Crippen LogP contribution in [0.4, 0.5) is 0 Å². The highest BCUT2D eigenvalue weighted by atomic mass is 32.2. The molecule has 27 heavy (non-hydrogen) atoms. The first-order valence-corrected chi connectivity index (χ1v) is 11.2. The fourth-order valence-corrected chi connectivity index (χ4v) is 4.08. The van der Waals surface area contributed by atoms with Crippen LogP contribution in [0.25, 0.3) is 0 Å². The largest absolute Gasteiger partial charge is 0.379 e. The number of morpholine rings is 1. The van der Waals surface area contributed by atoms with Crippen LogP contribution in [-0.4, -0.2) is 76.6 Å². The van der Waals surface area contributed by atoms with E-state index in [4.69, 9.17) is 4.74 Å². The number of hydrogen-bond donors (Lipinski definition) is 1. The molecule has 0 saturated carbocycles. The number of nitrogens with one attached hydrogen (secondary N) is 1. The molecule has 0 aromatic heterocycles. The molecule has 0 atom stereocenters. The van der Waals surface area contributed by atoms with Crippen LogP contribution in [-0.2, 0) is 14.8 Å². The molecule has 0 bridgehead atoms. The third-order valence-corrected chi connectivity index (χ3v) is 5.99. The van der Waals surface area contributed by atoms with Gasteiger partial charge in [-0.2, -0.15) is 0 Å². The fraction of sp³-hybridized carbons (Fsp3) is 0.632. The smallest absolute Gasteiger partial charge is 0.253 e. The van der Waals surface area contributed by atoms with E-state index in [1.807, 2.05) is 18.7 Å². The molecule has 1 heterocycles. The number of nitrogens with zero attached hydrogens (tertiary/aromatic N) is 2. The van der Waals surface area contributed by atoms with E-state index in [1.165, 1.54) is 12.1 Å². The van der Waals surface area contributed by atoms with Crippen LogP contribution in [0.5, 0.6) is 0 Å². The first kappa shape index (κ1) is 21.8. The van der Waals surface area contributed by atoms with Gasteiger partial charge in [0, 0.05) is 44.8 Å². The molecule has 0 unspecified atom stereocenters. The Labute approximate surface area is 162 Å². The first-order valence-electron chi connectivity index (χ1n) is 9.67. The predicted molar refractivity (Wildman–Crippen MR) is 105 cm³/mol. The third kappa shape index (κ3) is 6.57. The van der Waals surface area contributed by atoms with Crippen LogP contribution in [0.3, 0.4) is 0 Å². The Bertz CT molecular complexity index is 679. The molecule has 1 N–H and O–H groups in total. The number of amides is 1. The Morgan fingerprint density at radius 1 is 1.11 bits per heavy atom. The van der Waals surface area contributed by atoms with Crippen LogP contribution in [0.15, 0.2) is 29.2 Å². The minimum absolute atomic E-state index is 0.0528. The zero-order valence-electron chi connectivity index (χ0n) is 16.3. The quantitative estimate of drug-likeness (QED) is 0.648. The molecular formula is C19H31N3O4S. The Hall–Kier alpha value is -1.48. The summed E-state index contributed by atoms with van der Waals surface area (Å²) in [5, 5.41) is 0. The van der Waals surface area contributed by atoms with Gasteiger partial charge in [0.1, 0.15) is 0 Å². The van der Waals surface area contributed by atoms with Crippen LogP contribution in [0.2, 0.25) is 0 Å². The SMILES string of the molecule is CCCN(CCC)C(=O)c1ccc(S(=O)(=O)NCCN2CCOCC2)cc1. The van der Waals surface area contributed by atoms with E-state index in [1.54, 1.807) is 12.1 Å². The molecule has 1 aromatic carbocycles. The van der Waals surface area contributed by atoms with Gasteiger partial charge in [0.15, 0.2) is 0 Å². The number of rotatable bonds is 10. The monoisotopic (exact) mass is 397 g/mol. The zero-order chi connectivity index (χ0) is 19.7. The van der Waals surface area contributed by atoms with Gasteiger partial charge in [-0.05, 0) is 37.1 Å². The van der Waals surface area contributed by atoms with Crippen molar-refractivity contribution in [2.45, 2.75) is 31.6 Å². The van der Waals surface area contributed by atoms with Crippen molar-refractivity contribution < 1.29 is 17.9 Å². The maximum absolute atomic E-state index is 12.6. The van der Waals surface area contributed by atoms with Gasteiger partial charge in [0.25, 0.3) is 5.91 Å². The number of hydrogen-bond acceptors (Lipinski definition) is 5. The molecule has 1 fully saturated rings. The minimum atomic E-state index is -3.58. The second kappa shape index (κ2) is 10.8. The lowest BCUT2D eigenvalue weighted by atomic mass is 10.2. The first-order chi connectivity index (χ1) is 13.0. The van der Waals surface area contributed by atoms with E-state index in [9.17, 15) is 13.2 Å². The Morgan fingerprint density at radius 2 is 1.70 bits per heavy atom. The maximum atomic E-state index is 12.6. The van der Waals surface area contributed by atoms with Gasteiger partial charge in [0.2, 0.25) is 10.0 Å². The van der Waals surface area contributed by atoms with E-state index in [0.717, 1.165) is 25.9 Å². The molecule has 0 radical (unpaired) electrons. The lowest BCUT2D eigenvalue weighted by Crippen LogP contribution is -2.41. The molecule has 1 saturated heterocycles. The molecule has 152 valence electrons. The lowest BCUT2D eigenvalue weighted by Gasteiger charge is -2.26. The van der Waals surface area contributed by atoms with Crippen LogP contribution < -0.4 is 4.72 Å². The van der Waals surface area contributed by atoms with E-state index in [-0.39, 0.29) is 10.8 Å². The standard InChI is InChI=1S/C19H31N3O4S/c1-3-10-22(11-4-2)19(23)17-5-7-18(8-6-17)27(24,25)20-9-12-21-13-15-26-16-14-21/h5-8,20H,3-4,9-16H2,1-2H3. The molecule has 2 rings (SSSR count). The number of ether oxygens (including phenoxy) is 1. The molecular weight excluding hydrogens is 366 g/mol. The summed E-state index contributed by atoms with van der Waals surface area (Å²) in [4.78, 5) is 16.7. The molecule has 0 aliphatic carbocycles. The molecule has 7 nitrogen and oxygen atoms in total. The van der Waals surface area contributed by atoms with Crippen molar-refractivity contribution in [3.8, 4) is 0 Å². The number of sulfonamides is 1. The van der Waals surface area contributed by atoms with Gasteiger partial charge in [-0.25, -0.2) is 13.1 Å². The number of carbonyl (C=O) groups excluding carboxylic acids is 1. The van der Waals surface area contributed by atoms with Crippen LogP contribution in [0.1, 0.15) is 37.0 Å². The molecule has 1 aliphatic heterocycles. The Balaban J connectivity index is 1.94. The van der Waals surface area contributed by atoms with E-state index < -0.39 is 10.0 Å². The Morgan fingerprint density at radius 3 is 2.26 bits per heavy atom. The summed E-state index contributed by atoms with van der Waals surface area (Å²) in [6, 6.07) is 6.19. The van der Waals surface area contributed by atoms with E-state index in [0.29, 0.717) is 45.0 Å². The summed E-state index contributed by atoms with van der Waals surface area (Å²) < 4.78 is 32.8. The van der Waals surface area contributed by atoms with Gasteiger partial charge in [-0.15, -0.1) is 0 Å². The number of carbonyl (C=O) groups is 1. The van der Waals surface area contributed by atoms with Gasteiger partial charge in [-0.3, -0.25) is 9.69 Å². The van der Waals surface area contributed by atoms with Crippen molar-refractivity contribution in [2.24, 2.45) is 0 Å².